The third-order valence-corrected chi connectivity index (χ3v) is 3.49. The van der Waals surface area contributed by atoms with Crippen LogP contribution in [0, 0.1) is 5.92 Å². The topological polar surface area (TPSA) is 86.7 Å². The molecule has 0 radical (unpaired) electrons. The number of rotatable bonds is 7. The highest BCUT2D eigenvalue weighted by atomic mass is 16.4. The number of nitrogens with one attached hydrogen (secondary N) is 1. The first-order chi connectivity index (χ1) is 9.54. The van der Waals surface area contributed by atoms with Gasteiger partial charge in [0.1, 0.15) is 0 Å². The first kappa shape index (κ1) is 16.5. The normalized spacial score (nSPS) is 18.6. The molecule has 0 spiro atoms. The minimum Gasteiger partial charge on any atom is -0.481 e. The molecule has 20 heavy (non-hydrogen) atoms. The SMILES string of the molecule is CCCNC(=O)CCCC(=O)N1CCCC(C(=O)O)C1. The van der Waals surface area contributed by atoms with Gasteiger partial charge in [0.05, 0.1) is 5.92 Å². The number of carbonyl (C=O) groups excluding carboxylic acids is 2. The molecule has 1 aliphatic heterocycles. The van der Waals surface area contributed by atoms with Crippen molar-refractivity contribution in [3.63, 3.8) is 0 Å². The Labute approximate surface area is 119 Å². The molecule has 0 saturated carbocycles. The van der Waals surface area contributed by atoms with Crippen molar-refractivity contribution in [3.8, 4) is 0 Å². The third-order valence-electron chi connectivity index (χ3n) is 3.49. The molecule has 1 heterocycles. The predicted octanol–water partition coefficient (Wildman–Crippen LogP) is 1.01. The molecule has 0 aromatic carbocycles. The van der Waals surface area contributed by atoms with Gasteiger partial charge < -0.3 is 15.3 Å². The zero-order chi connectivity index (χ0) is 15.0. The van der Waals surface area contributed by atoms with Crippen molar-refractivity contribution in [2.45, 2.75) is 45.4 Å². The summed E-state index contributed by atoms with van der Waals surface area (Å²) in [6.07, 6.45) is 3.45. The summed E-state index contributed by atoms with van der Waals surface area (Å²) in [4.78, 5) is 35.9. The zero-order valence-corrected chi connectivity index (χ0v) is 12.1. The summed E-state index contributed by atoms with van der Waals surface area (Å²) >= 11 is 0. The van der Waals surface area contributed by atoms with Gasteiger partial charge in [0.15, 0.2) is 0 Å². The number of carbonyl (C=O) groups is 3. The summed E-state index contributed by atoms with van der Waals surface area (Å²) < 4.78 is 0. The highest BCUT2D eigenvalue weighted by Gasteiger charge is 2.27. The summed E-state index contributed by atoms with van der Waals surface area (Å²) in [6, 6.07) is 0. The molecule has 2 N–H and O–H groups in total. The van der Waals surface area contributed by atoms with Gasteiger partial charge in [-0.15, -0.1) is 0 Å². The van der Waals surface area contributed by atoms with Crippen LogP contribution in [0.1, 0.15) is 45.4 Å². The van der Waals surface area contributed by atoms with Gasteiger partial charge in [0.2, 0.25) is 11.8 Å². The number of hydrogen-bond acceptors (Lipinski definition) is 3. The minimum absolute atomic E-state index is 0.0262. The van der Waals surface area contributed by atoms with Crippen LogP contribution in [0.2, 0.25) is 0 Å². The van der Waals surface area contributed by atoms with Crippen LogP contribution in [-0.4, -0.2) is 47.4 Å². The number of carboxylic acid groups (broad SMARTS) is 1. The summed E-state index contributed by atoms with van der Waals surface area (Å²) in [5, 5.41) is 11.7. The van der Waals surface area contributed by atoms with Gasteiger partial charge in [-0.2, -0.15) is 0 Å². The van der Waals surface area contributed by atoms with Crippen LogP contribution in [0.3, 0.4) is 0 Å². The maximum atomic E-state index is 12.0. The molecule has 1 saturated heterocycles. The van der Waals surface area contributed by atoms with Gasteiger partial charge in [0.25, 0.3) is 0 Å². The first-order valence-corrected chi connectivity index (χ1v) is 7.31. The van der Waals surface area contributed by atoms with Crippen molar-refractivity contribution < 1.29 is 19.5 Å². The molecule has 0 aromatic heterocycles. The highest BCUT2D eigenvalue weighted by Crippen LogP contribution is 2.17. The smallest absolute Gasteiger partial charge is 0.308 e. The number of hydrogen-bond donors (Lipinski definition) is 2. The minimum atomic E-state index is -0.832. The van der Waals surface area contributed by atoms with Gasteiger partial charge in [-0.05, 0) is 25.7 Å². The number of piperidine rings is 1. The molecule has 1 atom stereocenters. The summed E-state index contributed by atoms with van der Waals surface area (Å²) in [7, 11) is 0. The summed E-state index contributed by atoms with van der Waals surface area (Å²) in [5.41, 5.74) is 0. The van der Waals surface area contributed by atoms with Crippen molar-refractivity contribution in [1.29, 1.82) is 0 Å². The number of amides is 2. The van der Waals surface area contributed by atoms with Crippen LogP contribution in [0.5, 0.6) is 0 Å². The average molecular weight is 284 g/mol. The van der Waals surface area contributed by atoms with E-state index in [4.69, 9.17) is 5.11 Å². The first-order valence-electron chi connectivity index (χ1n) is 7.31. The second kappa shape index (κ2) is 8.55. The van der Waals surface area contributed by atoms with E-state index in [1.807, 2.05) is 6.92 Å². The molecule has 1 rings (SSSR count). The summed E-state index contributed by atoms with van der Waals surface area (Å²) in [5.74, 6) is -1.34. The molecule has 6 nitrogen and oxygen atoms in total. The largest absolute Gasteiger partial charge is 0.481 e. The molecule has 6 heteroatoms. The molecule has 1 aliphatic rings. The molecular formula is C14H24N2O4. The van der Waals surface area contributed by atoms with Gasteiger partial charge in [0, 0.05) is 32.5 Å². The molecule has 1 unspecified atom stereocenters. The molecule has 0 aliphatic carbocycles. The van der Waals surface area contributed by atoms with Crippen molar-refractivity contribution >= 4 is 17.8 Å². The van der Waals surface area contributed by atoms with Crippen LogP contribution in [0.15, 0.2) is 0 Å². The third kappa shape index (κ3) is 5.59. The lowest BCUT2D eigenvalue weighted by Crippen LogP contribution is -2.42. The molecule has 0 aromatic rings. The number of carboxylic acids is 1. The average Bonchev–Trinajstić information content (AvgIpc) is 2.45. The standard InChI is InChI=1S/C14H24N2O4/c1-2-8-15-12(17)6-3-7-13(18)16-9-4-5-11(10-16)14(19)20/h11H,2-10H2,1H3,(H,15,17)(H,19,20). The lowest BCUT2D eigenvalue weighted by Gasteiger charge is -2.30. The fourth-order valence-corrected chi connectivity index (χ4v) is 2.32. The Balaban J connectivity index is 2.25. The molecule has 2 amide bonds. The number of likely N-dealkylation sites (tertiary alicyclic amines) is 1. The number of nitrogens with zero attached hydrogens (tertiary/aromatic N) is 1. The Kier molecular flexibility index (Phi) is 7.04. The second-order valence-electron chi connectivity index (χ2n) is 5.22. The molecule has 114 valence electrons. The molecular weight excluding hydrogens is 260 g/mol. The van der Waals surface area contributed by atoms with E-state index in [0.29, 0.717) is 45.3 Å². The van der Waals surface area contributed by atoms with E-state index < -0.39 is 11.9 Å². The van der Waals surface area contributed by atoms with Crippen LogP contribution in [0.4, 0.5) is 0 Å². The zero-order valence-electron chi connectivity index (χ0n) is 12.1. The number of aliphatic carboxylic acids is 1. The van der Waals surface area contributed by atoms with Crippen LogP contribution in [0.25, 0.3) is 0 Å². The van der Waals surface area contributed by atoms with Crippen molar-refractivity contribution in [2.75, 3.05) is 19.6 Å². The fraction of sp³-hybridized carbons (Fsp3) is 0.786. The highest BCUT2D eigenvalue weighted by molar-refractivity contribution is 5.79. The van der Waals surface area contributed by atoms with E-state index in [-0.39, 0.29) is 11.8 Å². The van der Waals surface area contributed by atoms with Crippen LogP contribution < -0.4 is 5.32 Å². The van der Waals surface area contributed by atoms with Crippen LogP contribution in [-0.2, 0) is 14.4 Å². The van der Waals surface area contributed by atoms with Gasteiger partial charge in [-0.25, -0.2) is 0 Å². The van der Waals surface area contributed by atoms with Gasteiger partial charge in [-0.1, -0.05) is 6.92 Å². The van der Waals surface area contributed by atoms with Crippen molar-refractivity contribution in [1.82, 2.24) is 10.2 Å². The Bertz CT molecular complexity index is 357. The molecule has 1 fully saturated rings. The van der Waals surface area contributed by atoms with Crippen molar-refractivity contribution in [3.05, 3.63) is 0 Å². The van der Waals surface area contributed by atoms with Crippen molar-refractivity contribution in [2.24, 2.45) is 5.92 Å². The van der Waals surface area contributed by atoms with E-state index in [0.717, 1.165) is 12.8 Å². The maximum absolute atomic E-state index is 12.0. The van der Waals surface area contributed by atoms with E-state index in [2.05, 4.69) is 5.32 Å². The predicted molar refractivity (Wildman–Crippen MR) is 74.1 cm³/mol. The second-order valence-corrected chi connectivity index (χ2v) is 5.22. The lowest BCUT2D eigenvalue weighted by atomic mass is 9.98. The van der Waals surface area contributed by atoms with Gasteiger partial charge >= 0.3 is 5.97 Å². The van der Waals surface area contributed by atoms with Crippen LogP contribution >= 0.6 is 0 Å². The quantitative estimate of drug-likeness (QED) is 0.730. The van der Waals surface area contributed by atoms with E-state index >= 15 is 0 Å². The Hall–Kier alpha value is -1.59. The van der Waals surface area contributed by atoms with E-state index in [1.165, 1.54) is 0 Å². The Morgan fingerprint density at radius 2 is 2.05 bits per heavy atom. The van der Waals surface area contributed by atoms with E-state index in [9.17, 15) is 14.4 Å². The Morgan fingerprint density at radius 3 is 2.70 bits per heavy atom. The lowest BCUT2D eigenvalue weighted by molar-refractivity contribution is -0.145. The monoisotopic (exact) mass is 284 g/mol. The summed E-state index contributed by atoms with van der Waals surface area (Å²) in [6.45, 7) is 3.58. The molecule has 0 bridgehead atoms. The Morgan fingerprint density at radius 1 is 1.30 bits per heavy atom. The maximum Gasteiger partial charge on any atom is 0.308 e. The fourth-order valence-electron chi connectivity index (χ4n) is 2.32. The van der Waals surface area contributed by atoms with E-state index in [1.54, 1.807) is 4.90 Å². The van der Waals surface area contributed by atoms with Gasteiger partial charge in [-0.3, -0.25) is 14.4 Å².